The van der Waals surface area contributed by atoms with E-state index in [1.54, 1.807) is 40.0 Å². The van der Waals surface area contributed by atoms with Crippen molar-refractivity contribution in [1.82, 2.24) is 19.9 Å². The Morgan fingerprint density at radius 2 is 1.85 bits per heavy atom. The van der Waals surface area contributed by atoms with Crippen LogP contribution >= 0.6 is 0 Å². The van der Waals surface area contributed by atoms with Gasteiger partial charge in [-0.05, 0) is 57.4 Å². The summed E-state index contributed by atoms with van der Waals surface area (Å²) < 4.78 is 33.0. The summed E-state index contributed by atoms with van der Waals surface area (Å²) in [6.45, 7) is 6.06. The maximum Gasteiger partial charge on any atom is 0.254 e. The van der Waals surface area contributed by atoms with Crippen molar-refractivity contribution < 1.29 is 17.8 Å². The minimum Gasteiger partial charge on any atom is -0.385 e. The van der Waals surface area contributed by atoms with E-state index >= 15 is 0 Å². The second-order valence-corrected chi connectivity index (χ2v) is 10.2. The molecule has 0 radical (unpaired) electrons. The van der Waals surface area contributed by atoms with E-state index in [0.717, 1.165) is 12.8 Å². The number of sulfonamides is 1. The number of benzene rings is 2. The molecule has 1 amide bonds. The van der Waals surface area contributed by atoms with Crippen LogP contribution in [0.2, 0.25) is 0 Å². The number of carbonyl (C=O) groups excluding carboxylic acids is 1. The topological polar surface area (TPSA) is 117 Å². The highest BCUT2D eigenvalue weighted by atomic mass is 32.2. The highest BCUT2D eigenvalue weighted by Crippen LogP contribution is 2.21. The molecule has 182 valence electrons. The van der Waals surface area contributed by atoms with Gasteiger partial charge in [0, 0.05) is 30.9 Å². The number of nitrogens with zero attached hydrogens (tertiary/aromatic N) is 3. The number of hydrogen-bond acceptors (Lipinski definition) is 7. The van der Waals surface area contributed by atoms with Crippen LogP contribution in [0.4, 0.5) is 5.69 Å². The van der Waals surface area contributed by atoms with Crippen LogP contribution in [0, 0.1) is 6.92 Å². The molecule has 0 unspecified atom stereocenters. The molecule has 0 fully saturated rings. The molecule has 0 aliphatic rings. The molecule has 0 bridgehead atoms. The highest BCUT2D eigenvalue weighted by Gasteiger charge is 2.21. The van der Waals surface area contributed by atoms with E-state index < -0.39 is 10.0 Å². The van der Waals surface area contributed by atoms with Gasteiger partial charge in [-0.25, -0.2) is 17.8 Å². The van der Waals surface area contributed by atoms with Crippen LogP contribution in [-0.4, -0.2) is 49.2 Å². The van der Waals surface area contributed by atoms with Gasteiger partial charge in [-0.15, -0.1) is 0 Å². The molecule has 1 aromatic heterocycles. The van der Waals surface area contributed by atoms with E-state index in [2.05, 4.69) is 32.5 Å². The number of hydrogen-bond donors (Lipinski definition) is 2. The van der Waals surface area contributed by atoms with Crippen LogP contribution in [0.5, 0.6) is 0 Å². The summed E-state index contributed by atoms with van der Waals surface area (Å²) in [7, 11) is -2.17. The Morgan fingerprint density at radius 3 is 2.50 bits per heavy atom. The molecule has 1 heterocycles. The summed E-state index contributed by atoms with van der Waals surface area (Å²) in [5.74, 6) is -0.337. The Bertz CT molecular complexity index is 1210. The first-order valence-electron chi connectivity index (χ1n) is 11.1. The molecule has 0 atom stereocenters. The molecule has 3 aromatic rings. The summed E-state index contributed by atoms with van der Waals surface area (Å²) in [4.78, 5) is 14.6. The van der Waals surface area contributed by atoms with Gasteiger partial charge >= 0.3 is 0 Å². The van der Waals surface area contributed by atoms with Crippen molar-refractivity contribution in [3.05, 3.63) is 71.0 Å². The monoisotopic (exact) mass is 485 g/mol. The maximum atomic E-state index is 13.2. The third-order valence-corrected chi connectivity index (χ3v) is 6.79. The highest BCUT2D eigenvalue weighted by molar-refractivity contribution is 7.89. The van der Waals surface area contributed by atoms with Gasteiger partial charge in [0.25, 0.3) is 5.91 Å². The number of rotatable bonds is 11. The van der Waals surface area contributed by atoms with E-state index in [9.17, 15) is 13.2 Å². The van der Waals surface area contributed by atoms with Crippen LogP contribution < -0.4 is 10.0 Å². The van der Waals surface area contributed by atoms with Gasteiger partial charge < -0.3 is 10.2 Å². The van der Waals surface area contributed by atoms with Crippen molar-refractivity contribution in [2.45, 2.75) is 51.1 Å². The van der Waals surface area contributed by atoms with Crippen molar-refractivity contribution in [2.75, 3.05) is 18.9 Å². The minimum absolute atomic E-state index is 0.0327. The number of nitrogens with one attached hydrogen (secondary N) is 2. The second kappa shape index (κ2) is 11.3. The van der Waals surface area contributed by atoms with Gasteiger partial charge in [0.2, 0.25) is 10.0 Å². The average Bonchev–Trinajstić information content (AvgIpc) is 3.20. The van der Waals surface area contributed by atoms with Gasteiger partial charge in [-0.2, -0.15) is 0 Å². The Hall–Kier alpha value is -3.24. The first kappa shape index (κ1) is 25.4. The number of carbonyl (C=O) groups is 1. The van der Waals surface area contributed by atoms with Crippen LogP contribution in [0.3, 0.4) is 0 Å². The average molecular weight is 486 g/mol. The lowest BCUT2D eigenvalue weighted by atomic mass is 10.1. The van der Waals surface area contributed by atoms with E-state index in [1.807, 2.05) is 18.2 Å². The zero-order chi connectivity index (χ0) is 24.7. The lowest BCUT2D eigenvalue weighted by molar-refractivity contribution is 0.0781. The quantitative estimate of drug-likeness (QED) is 0.400. The fourth-order valence-corrected chi connectivity index (χ4v) is 4.76. The standard InChI is InChI=1S/C24H31N5O4S/c1-17(2)28-34(31,32)22-14-20(24(30)29(4)16-23-18(3)26-33-27-23)13-21(15-22)25-12-8-11-19-9-6-5-7-10-19/h5-7,9-10,13-15,17,25,28H,8,11-12,16H2,1-4H3. The van der Waals surface area contributed by atoms with Gasteiger partial charge in [0.15, 0.2) is 0 Å². The summed E-state index contributed by atoms with van der Waals surface area (Å²) in [5, 5.41) is 10.8. The van der Waals surface area contributed by atoms with Crippen LogP contribution in [0.1, 0.15) is 47.6 Å². The molecule has 0 aliphatic heterocycles. The molecule has 2 aromatic carbocycles. The van der Waals surface area contributed by atoms with Crippen molar-refractivity contribution in [3.63, 3.8) is 0 Å². The summed E-state index contributed by atoms with van der Waals surface area (Å²) >= 11 is 0. The summed E-state index contributed by atoms with van der Waals surface area (Å²) in [6.07, 6.45) is 1.74. The SMILES string of the molecule is Cc1nonc1CN(C)C(=O)c1cc(NCCCc2ccccc2)cc(S(=O)(=O)NC(C)C)c1. The van der Waals surface area contributed by atoms with Crippen molar-refractivity contribution in [3.8, 4) is 0 Å². The number of amides is 1. The van der Waals surface area contributed by atoms with E-state index in [0.29, 0.717) is 23.6 Å². The molecule has 2 N–H and O–H groups in total. The Labute approximate surface area is 200 Å². The smallest absolute Gasteiger partial charge is 0.254 e. The molecule has 0 saturated carbocycles. The maximum absolute atomic E-state index is 13.2. The zero-order valence-corrected chi connectivity index (χ0v) is 20.7. The number of anilines is 1. The molecular formula is C24H31N5O4S. The number of aryl methyl sites for hydroxylation is 2. The molecule has 10 heteroatoms. The Balaban J connectivity index is 1.80. The zero-order valence-electron chi connectivity index (χ0n) is 19.9. The lowest BCUT2D eigenvalue weighted by Gasteiger charge is -2.18. The molecular weight excluding hydrogens is 454 g/mol. The first-order chi connectivity index (χ1) is 16.2. The number of aromatic nitrogens is 2. The minimum atomic E-state index is -3.79. The van der Waals surface area contributed by atoms with Gasteiger partial charge in [0.05, 0.1) is 11.4 Å². The van der Waals surface area contributed by atoms with Crippen LogP contribution in [-0.2, 0) is 23.0 Å². The first-order valence-corrected chi connectivity index (χ1v) is 12.6. The van der Waals surface area contributed by atoms with Gasteiger partial charge in [-0.3, -0.25) is 4.79 Å². The fourth-order valence-electron chi connectivity index (χ4n) is 3.44. The molecule has 3 rings (SSSR count). The molecule has 0 aliphatic carbocycles. The fraction of sp³-hybridized carbons (Fsp3) is 0.375. The molecule has 34 heavy (non-hydrogen) atoms. The van der Waals surface area contributed by atoms with Crippen LogP contribution in [0.25, 0.3) is 0 Å². The van der Waals surface area contributed by atoms with Crippen molar-refractivity contribution >= 4 is 21.6 Å². The predicted octanol–water partition coefficient (Wildman–Crippen LogP) is 3.38. The Kier molecular flexibility index (Phi) is 8.41. The lowest BCUT2D eigenvalue weighted by Crippen LogP contribution is -2.31. The largest absolute Gasteiger partial charge is 0.385 e. The van der Waals surface area contributed by atoms with E-state index in [4.69, 9.17) is 4.63 Å². The third kappa shape index (κ3) is 6.88. The van der Waals surface area contributed by atoms with Gasteiger partial charge in [-0.1, -0.05) is 40.6 Å². The third-order valence-electron chi connectivity index (χ3n) is 5.15. The predicted molar refractivity (Wildman–Crippen MR) is 130 cm³/mol. The molecule has 9 nitrogen and oxygen atoms in total. The molecule has 0 spiro atoms. The van der Waals surface area contributed by atoms with E-state index in [1.165, 1.54) is 16.5 Å². The Morgan fingerprint density at radius 1 is 1.12 bits per heavy atom. The van der Waals surface area contributed by atoms with Gasteiger partial charge in [0.1, 0.15) is 11.4 Å². The molecule has 0 saturated heterocycles. The van der Waals surface area contributed by atoms with Crippen molar-refractivity contribution in [2.24, 2.45) is 0 Å². The van der Waals surface area contributed by atoms with E-state index in [-0.39, 0.29) is 29.0 Å². The van der Waals surface area contributed by atoms with Crippen molar-refractivity contribution in [1.29, 1.82) is 0 Å². The normalized spacial score (nSPS) is 11.6. The second-order valence-electron chi connectivity index (χ2n) is 8.50. The summed E-state index contributed by atoms with van der Waals surface area (Å²) in [5.41, 5.74) is 3.19. The van der Waals surface area contributed by atoms with Crippen LogP contribution in [0.15, 0.2) is 58.1 Å². The summed E-state index contributed by atoms with van der Waals surface area (Å²) in [6, 6.07) is 14.5.